The Kier molecular flexibility index (Phi) is 11.4. The van der Waals surface area contributed by atoms with Gasteiger partial charge in [-0.2, -0.15) is 0 Å². The molecule has 0 aromatic heterocycles. The van der Waals surface area contributed by atoms with Gasteiger partial charge in [0.1, 0.15) is 6.04 Å². The summed E-state index contributed by atoms with van der Waals surface area (Å²) in [4.78, 5) is 27.9. The van der Waals surface area contributed by atoms with Crippen LogP contribution in [0.2, 0.25) is 10.0 Å². The van der Waals surface area contributed by atoms with Crippen LogP contribution in [0.5, 0.6) is 0 Å². The average molecular weight is 560 g/mol. The number of amides is 2. The number of hydrogen-bond donors (Lipinski definition) is 1. The molecule has 0 radical (unpaired) electrons. The topological polar surface area (TPSA) is 49.4 Å². The van der Waals surface area contributed by atoms with E-state index in [9.17, 15) is 9.59 Å². The Morgan fingerprint density at radius 1 is 1.06 bits per heavy atom. The fourth-order valence-corrected chi connectivity index (χ4v) is 4.79. The summed E-state index contributed by atoms with van der Waals surface area (Å²) in [7, 11) is 0. The van der Waals surface area contributed by atoms with Crippen molar-refractivity contribution in [2.45, 2.75) is 58.0 Å². The number of nitrogens with one attached hydrogen (secondary N) is 1. The highest BCUT2D eigenvalue weighted by Crippen LogP contribution is 2.27. The summed E-state index contributed by atoms with van der Waals surface area (Å²) in [5.41, 5.74) is 1.78. The molecule has 2 amide bonds. The van der Waals surface area contributed by atoms with E-state index in [2.05, 4.69) is 21.2 Å². The average Bonchev–Trinajstić information content (AvgIpc) is 2.76. The van der Waals surface area contributed by atoms with E-state index in [-0.39, 0.29) is 30.2 Å². The second kappa shape index (κ2) is 13.5. The SMILES string of the molecule is CCC(C)NC(=O)C(CC)N(Cc1c(Cl)cccc1Cl)C(=O)CSCc1ccc(Br)cc1. The molecule has 1 N–H and O–H groups in total. The predicted molar refractivity (Wildman–Crippen MR) is 139 cm³/mol. The van der Waals surface area contributed by atoms with Crippen LogP contribution in [0.4, 0.5) is 0 Å². The maximum Gasteiger partial charge on any atom is 0.243 e. The minimum absolute atomic E-state index is 0.0317. The van der Waals surface area contributed by atoms with E-state index in [1.54, 1.807) is 23.1 Å². The van der Waals surface area contributed by atoms with Crippen molar-refractivity contribution >= 4 is 62.7 Å². The number of rotatable bonds is 11. The van der Waals surface area contributed by atoms with Crippen LogP contribution in [0.3, 0.4) is 0 Å². The summed E-state index contributed by atoms with van der Waals surface area (Å²) in [6, 6.07) is 12.7. The first-order valence-corrected chi connectivity index (χ1v) is 13.3. The van der Waals surface area contributed by atoms with Gasteiger partial charge < -0.3 is 10.2 Å². The number of benzene rings is 2. The Hall–Kier alpha value is -1.21. The molecule has 0 aliphatic carbocycles. The fraction of sp³-hybridized carbons (Fsp3) is 0.417. The van der Waals surface area contributed by atoms with Crippen LogP contribution in [0, 0.1) is 0 Å². The largest absolute Gasteiger partial charge is 0.352 e. The van der Waals surface area contributed by atoms with Crippen molar-refractivity contribution in [1.82, 2.24) is 10.2 Å². The molecule has 2 unspecified atom stereocenters. The highest BCUT2D eigenvalue weighted by Gasteiger charge is 2.30. The number of nitrogens with zero attached hydrogens (tertiary/aromatic N) is 1. The molecule has 0 spiro atoms. The molecule has 0 aliphatic heterocycles. The maximum atomic E-state index is 13.3. The normalized spacial score (nSPS) is 12.8. The van der Waals surface area contributed by atoms with Crippen LogP contribution in [0.25, 0.3) is 0 Å². The number of thioether (sulfide) groups is 1. The van der Waals surface area contributed by atoms with Gasteiger partial charge >= 0.3 is 0 Å². The number of carbonyl (C=O) groups is 2. The summed E-state index contributed by atoms with van der Waals surface area (Å²) < 4.78 is 1.02. The molecule has 0 fully saturated rings. The lowest BCUT2D eigenvalue weighted by Gasteiger charge is -2.32. The quantitative estimate of drug-likeness (QED) is 0.333. The molecular weight excluding hydrogens is 531 g/mol. The molecule has 2 atom stereocenters. The van der Waals surface area contributed by atoms with Crippen molar-refractivity contribution in [2.24, 2.45) is 0 Å². The van der Waals surface area contributed by atoms with Crippen LogP contribution >= 0.6 is 50.9 Å². The summed E-state index contributed by atoms with van der Waals surface area (Å²) >= 11 is 17.7. The molecule has 0 saturated heterocycles. The van der Waals surface area contributed by atoms with Crippen molar-refractivity contribution in [3.8, 4) is 0 Å². The molecule has 0 bridgehead atoms. The molecule has 8 heteroatoms. The first-order chi connectivity index (χ1) is 15.3. The van der Waals surface area contributed by atoms with Crippen LogP contribution in [0.1, 0.15) is 44.7 Å². The van der Waals surface area contributed by atoms with Crippen molar-refractivity contribution in [3.05, 3.63) is 68.1 Å². The zero-order chi connectivity index (χ0) is 23.7. The van der Waals surface area contributed by atoms with Gasteiger partial charge in [-0.05, 0) is 49.6 Å². The molecule has 0 aliphatic rings. The molecule has 0 heterocycles. The second-order valence-corrected chi connectivity index (χ2v) is 10.3. The van der Waals surface area contributed by atoms with Gasteiger partial charge in [-0.1, -0.05) is 71.2 Å². The fourth-order valence-electron chi connectivity index (χ4n) is 3.13. The zero-order valence-electron chi connectivity index (χ0n) is 18.5. The molecule has 2 aromatic rings. The van der Waals surface area contributed by atoms with E-state index in [4.69, 9.17) is 23.2 Å². The van der Waals surface area contributed by atoms with Gasteiger partial charge in [-0.3, -0.25) is 9.59 Å². The van der Waals surface area contributed by atoms with Gasteiger partial charge in [0.05, 0.1) is 5.75 Å². The van der Waals surface area contributed by atoms with E-state index >= 15 is 0 Å². The summed E-state index contributed by atoms with van der Waals surface area (Å²) in [6.07, 6.45) is 1.31. The van der Waals surface area contributed by atoms with Crippen molar-refractivity contribution in [3.63, 3.8) is 0 Å². The highest BCUT2D eigenvalue weighted by atomic mass is 79.9. The van der Waals surface area contributed by atoms with E-state index in [1.165, 1.54) is 11.8 Å². The first-order valence-electron chi connectivity index (χ1n) is 10.6. The Labute approximate surface area is 213 Å². The Morgan fingerprint density at radius 3 is 2.25 bits per heavy atom. The number of halogens is 3. The Balaban J connectivity index is 2.20. The van der Waals surface area contributed by atoms with Crippen molar-refractivity contribution in [1.29, 1.82) is 0 Å². The first kappa shape index (κ1) is 27.0. The minimum Gasteiger partial charge on any atom is -0.352 e. The molecular formula is C24H29BrCl2N2O2S. The molecule has 0 saturated carbocycles. The lowest BCUT2D eigenvalue weighted by molar-refractivity contribution is -0.139. The number of carbonyl (C=O) groups excluding carboxylic acids is 2. The van der Waals surface area contributed by atoms with E-state index in [0.717, 1.165) is 16.5 Å². The monoisotopic (exact) mass is 558 g/mol. The Bertz CT molecular complexity index is 891. The van der Waals surface area contributed by atoms with Crippen LogP contribution < -0.4 is 5.32 Å². The zero-order valence-corrected chi connectivity index (χ0v) is 22.5. The summed E-state index contributed by atoms with van der Waals surface area (Å²) in [5, 5.41) is 3.97. The summed E-state index contributed by atoms with van der Waals surface area (Å²) in [6.45, 7) is 6.06. The van der Waals surface area contributed by atoms with Gasteiger partial charge in [-0.15, -0.1) is 11.8 Å². The molecule has 2 aromatic carbocycles. The van der Waals surface area contributed by atoms with Gasteiger partial charge in [0.25, 0.3) is 0 Å². The van der Waals surface area contributed by atoms with Crippen molar-refractivity contribution < 1.29 is 9.59 Å². The third kappa shape index (κ3) is 7.98. The van der Waals surface area contributed by atoms with Crippen LogP contribution in [-0.2, 0) is 21.9 Å². The van der Waals surface area contributed by atoms with E-state index < -0.39 is 6.04 Å². The lowest BCUT2D eigenvalue weighted by Crippen LogP contribution is -2.51. The van der Waals surface area contributed by atoms with E-state index in [1.807, 2.05) is 45.0 Å². The van der Waals surface area contributed by atoms with Gasteiger partial charge in [0, 0.05) is 38.4 Å². The molecule has 32 heavy (non-hydrogen) atoms. The van der Waals surface area contributed by atoms with Gasteiger partial charge in [0.15, 0.2) is 0 Å². The predicted octanol–water partition coefficient (Wildman–Crippen LogP) is 6.71. The molecule has 2 rings (SSSR count). The number of hydrogen-bond acceptors (Lipinski definition) is 3. The summed E-state index contributed by atoms with van der Waals surface area (Å²) in [5.74, 6) is 0.686. The molecule has 4 nitrogen and oxygen atoms in total. The lowest BCUT2D eigenvalue weighted by atomic mass is 10.1. The third-order valence-corrected chi connectivity index (χ3v) is 7.41. The van der Waals surface area contributed by atoms with Crippen LogP contribution in [-0.4, -0.2) is 34.6 Å². The minimum atomic E-state index is -0.600. The van der Waals surface area contributed by atoms with Crippen LogP contribution in [0.15, 0.2) is 46.9 Å². The smallest absolute Gasteiger partial charge is 0.243 e. The maximum absolute atomic E-state index is 13.3. The van der Waals surface area contributed by atoms with Gasteiger partial charge in [-0.25, -0.2) is 0 Å². The second-order valence-electron chi connectivity index (χ2n) is 7.58. The third-order valence-electron chi connectivity index (χ3n) is 5.18. The molecule has 174 valence electrons. The highest BCUT2D eigenvalue weighted by molar-refractivity contribution is 9.10. The van der Waals surface area contributed by atoms with Crippen molar-refractivity contribution in [2.75, 3.05) is 5.75 Å². The standard InChI is InChI=1S/C24H29BrCl2N2O2S/c1-4-16(3)28-24(31)22(5-2)29(13-19-20(26)7-6-8-21(19)27)23(30)15-32-14-17-9-11-18(25)12-10-17/h6-12,16,22H,4-5,13-15H2,1-3H3,(H,28,31). The Morgan fingerprint density at radius 2 is 1.69 bits per heavy atom. The van der Waals surface area contributed by atoms with Gasteiger partial charge in [0.2, 0.25) is 11.8 Å². The van der Waals surface area contributed by atoms with E-state index in [0.29, 0.717) is 27.8 Å².